The van der Waals surface area contributed by atoms with Crippen molar-refractivity contribution in [1.29, 1.82) is 0 Å². The lowest BCUT2D eigenvalue weighted by molar-refractivity contribution is 0.127. The van der Waals surface area contributed by atoms with Crippen LogP contribution in [0.3, 0.4) is 0 Å². The van der Waals surface area contributed by atoms with Gasteiger partial charge in [-0.3, -0.25) is 4.99 Å². The lowest BCUT2D eigenvalue weighted by Crippen LogP contribution is -2.47. The molecule has 1 heterocycles. The second-order valence-electron chi connectivity index (χ2n) is 7.45. The summed E-state index contributed by atoms with van der Waals surface area (Å²) in [7, 11) is 1.78. The second-order valence-corrected chi connectivity index (χ2v) is 8.36. The molecule has 0 aliphatic carbocycles. The Hall–Kier alpha value is -0.380. The highest BCUT2D eigenvalue weighted by Crippen LogP contribution is 2.31. The number of aliphatic imine (C=N–C) groups is 1. The highest BCUT2D eigenvalue weighted by atomic mass is 127. The summed E-state index contributed by atoms with van der Waals surface area (Å²) in [5.74, 6) is 0.786. The summed E-state index contributed by atoms with van der Waals surface area (Å²) in [5, 5.41) is 16.2. The molecule has 3 N–H and O–H groups in total. The van der Waals surface area contributed by atoms with E-state index in [9.17, 15) is 5.11 Å². The average Bonchev–Trinajstić information content (AvgIpc) is 3.04. The third-order valence-corrected chi connectivity index (χ3v) is 5.53. The molecule has 0 radical (unpaired) electrons. The molecule has 2 rings (SSSR count). The molecule has 0 spiro atoms. The maximum atomic E-state index is 9.34. The van der Waals surface area contributed by atoms with Crippen molar-refractivity contribution < 1.29 is 9.84 Å². The zero-order valence-corrected chi connectivity index (χ0v) is 19.8. The van der Waals surface area contributed by atoms with Crippen LogP contribution in [0.1, 0.15) is 32.3 Å². The van der Waals surface area contributed by atoms with Gasteiger partial charge in [0.2, 0.25) is 0 Å². The third-order valence-electron chi connectivity index (χ3n) is 5.01. The van der Waals surface area contributed by atoms with E-state index in [1.165, 1.54) is 5.56 Å². The molecule has 0 amide bonds. The van der Waals surface area contributed by atoms with E-state index in [0.717, 1.165) is 43.0 Å². The number of rotatable bonds is 7. The minimum atomic E-state index is -0.0163. The Kier molecular flexibility index (Phi) is 9.85. The van der Waals surface area contributed by atoms with Crippen LogP contribution in [0, 0.1) is 5.41 Å². The Balaban J connectivity index is 0.00000338. The van der Waals surface area contributed by atoms with Gasteiger partial charge in [-0.2, -0.15) is 0 Å². The van der Waals surface area contributed by atoms with Crippen molar-refractivity contribution in [3.05, 3.63) is 34.3 Å². The predicted octanol–water partition coefficient (Wildman–Crippen LogP) is 3.30. The van der Waals surface area contributed by atoms with Crippen molar-refractivity contribution >= 4 is 45.9 Å². The molecule has 148 valence electrons. The van der Waals surface area contributed by atoms with Crippen molar-refractivity contribution in [2.45, 2.75) is 32.1 Å². The monoisotopic (exact) mass is 539 g/mol. The molecule has 0 bridgehead atoms. The van der Waals surface area contributed by atoms with Crippen LogP contribution in [-0.4, -0.2) is 51.0 Å². The number of guanidine groups is 1. The first kappa shape index (κ1) is 23.7. The summed E-state index contributed by atoms with van der Waals surface area (Å²) in [4.78, 5) is 4.33. The summed E-state index contributed by atoms with van der Waals surface area (Å²) in [5.41, 5.74) is 1.27. The minimum absolute atomic E-state index is 0. The zero-order chi connectivity index (χ0) is 18.3. The fourth-order valence-corrected chi connectivity index (χ4v) is 3.38. The zero-order valence-electron chi connectivity index (χ0n) is 15.8. The topological polar surface area (TPSA) is 65.9 Å². The smallest absolute Gasteiger partial charge is 0.191 e. The summed E-state index contributed by atoms with van der Waals surface area (Å²) in [6, 6.07) is 8.44. The van der Waals surface area contributed by atoms with Gasteiger partial charge in [-0.1, -0.05) is 41.9 Å². The van der Waals surface area contributed by atoms with E-state index < -0.39 is 0 Å². The quantitative estimate of drug-likeness (QED) is 0.282. The van der Waals surface area contributed by atoms with Crippen LogP contribution in [0.2, 0.25) is 0 Å². The van der Waals surface area contributed by atoms with Gasteiger partial charge in [0, 0.05) is 48.7 Å². The minimum Gasteiger partial charge on any atom is -0.396 e. The molecule has 1 aliphatic heterocycles. The number of hydrogen-bond donors (Lipinski definition) is 3. The van der Waals surface area contributed by atoms with Crippen molar-refractivity contribution in [2.24, 2.45) is 10.4 Å². The Bertz CT molecular complexity index is 573. The van der Waals surface area contributed by atoms with Gasteiger partial charge in [0.05, 0.1) is 6.61 Å². The molecule has 1 saturated heterocycles. The van der Waals surface area contributed by atoms with E-state index in [1.807, 2.05) is 0 Å². The van der Waals surface area contributed by atoms with Gasteiger partial charge in [-0.05, 0) is 30.5 Å². The average molecular weight is 540 g/mol. The summed E-state index contributed by atoms with van der Waals surface area (Å²) >= 11 is 3.48. The maximum absolute atomic E-state index is 9.34. The van der Waals surface area contributed by atoms with Crippen LogP contribution >= 0.6 is 39.9 Å². The molecule has 1 aromatic carbocycles. The highest BCUT2D eigenvalue weighted by molar-refractivity contribution is 14.0. The molecule has 1 aromatic rings. The second kappa shape index (κ2) is 10.8. The first-order chi connectivity index (χ1) is 11.9. The van der Waals surface area contributed by atoms with Crippen LogP contribution in [0.5, 0.6) is 0 Å². The highest BCUT2D eigenvalue weighted by Gasteiger charge is 2.34. The van der Waals surface area contributed by atoms with Gasteiger partial charge in [-0.15, -0.1) is 24.0 Å². The number of aliphatic hydroxyl groups is 1. The van der Waals surface area contributed by atoms with Gasteiger partial charge < -0.3 is 20.5 Å². The largest absolute Gasteiger partial charge is 0.396 e. The summed E-state index contributed by atoms with van der Waals surface area (Å²) in [6.07, 6.45) is 1.73. The van der Waals surface area contributed by atoms with Crippen molar-refractivity contribution in [3.63, 3.8) is 0 Å². The van der Waals surface area contributed by atoms with E-state index in [2.05, 4.69) is 69.7 Å². The molecule has 1 unspecified atom stereocenters. The Morgan fingerprint density at radius 3 is 2.54 bits per heavy atom. The fourth-order valence-electron chi connectivity index (χ4n) is 3.11. The van der Waals surface area contributed by atoms with Crippen LogP contribution in [-0.2, 0) is 10.2 Å². The maximum Gasteiger partial charge on any atom is 0.191 e. The van der Waals surface area contributed by atoms with Crippen molar-refractivity contribution in [3.8, 4) is 0 Å². The number of benzene rings is 1. The van der Waals surface area contributed by atoms with E-state index in [-0.39, 0.29) is 41.4 Å². The van der Waals surface area contributed by atoms with E-state index in [1.54, 1.807) is 7.05 Å². The summed E-state index contributed by atoms with van der Waals surface area (Å²) < 4.78 is 6.63. The number of ether oxygens (including phenoxy) is 1. The number of aliphatic hydroxyl groups excluding tert-OH is 1. The van der Waals surface area contributed by atoms with Crippen LogP contribution in [0.25, 0.3) is 0 Å². The lowest BCUT2D eigenvalue weighted by Gasteiger charge is -2.30. The van der Waals surface area contributed by atoms with Gasteiger partial charge in [0.15, 0.2) is 5.96 Å². The van der Waals surface area contributed by atoms with Crippen LogP contribution in [0.15, 0.2) is 33.7 Å². The lowest BCUT2D eigenvalue weighted by atomic mass is 9.84. The normalized spacial score (nSPS) is 20.6. The van der Waals surface area contributed by atoms with Crippen LogP contribution < -0.4 is 10.6 Å². The standard InChI is InChI=1S/C19H30BrN3O2.HI/c1-18(2,15-4-6-16(20)7-5-15)12-22-17(21-3)23-13-19(8-10-24)9-11-25-14-19;/h4-7,24H,8-14H2,1-3H3,(H2,21,22,23);1H. The van der Waals surface area contributed by atoms with E-state index >= 15 is 0 Å². The summed E-state index contributed by atoms with van der Waals surface area (Å²) in [6.45, 7) is 7.62. The molecule has 1 fully saturated rings. The Morgan fingerprint density at radius 1 is 1.31 bits per heavy atom. The number of halogens is 2. The van der Waals surface area contributed by atoms with Gasteiger partial charge in [0.1, 0.15) is 0 Å². The van der Waals surface area contributed by atoms with Crippen LogP contribution in [0.4, 0.5) is 0 Å². The van der Waals surface area contributed by atoms with Crippen molar-refractivity contribution in [2.75, 3.05) is 40.0 Å². The van der Waals surface area contributed by atoms with Gasteiger partial charge in [0.25, 0.3) is 0 Å². The molecule has 7 heteroatoms. The fraction of sp³-hybridized carbons (Fsp3) is 0.632. The Labute approximate surface area is 182 Å². The number of nitrogens with zero attached hydrogens (tertiary/aromatic N) is 1. The third kappa shape index (κ3) is 6.65. The molecular formula is C19H31BrIN3O2. The van der Waals surface area contributed by atoms with Gasteiger partial charge >= 0.3 is 0 Å². The predicted molar refractivity (Wildman–Crippen MR) is 122 cm³/mol. The molecule has 1 atom stereocenters. The molecule has 1 aliphatic rings. The van der Waals surface area contributed by atoms with E-state index in [4.69, 9.17) is 4.74 Å². The number of hydrogen-bond acceptors (Lipinski definition) is 3. The molecule has 26 heavy (non-hydrogen) atoms. The first-order valence-corrected chi connectivity index (χ1v) is 9.59. The Morgan fingerprint density at radius 2 is 2.00 bits per heavy atom. The molecular weight excluding hydrogens is 509 g/mol. The molecule has 0 aromatic heterocycles. The van der Waals surface area contributed by atoms with E-state index in [0.29, 0.717) is 6.61 Å². The molecule has 0 saturated carbocycles. The SMILES string of the molecule is CN=C(NCC1(CCO)CCOC1)NCC(C)(C)c1ccc(Br)cc1.I. The van der Waals surface area contributed by atoms with Crippen molar-refractivity contribution in [1.82, 2.24) is 10.6 Å². The first-order valence-electron chi connectivity index (χ1n) is 8.80. The molecule has 5 nitrogen and oxygen atoms in total. The number of nitrogens with one attached hydrogen (secondary N) is 2. The van der Waals surface area contributed by atoms with Gasteiger partial charge in [-0.25, -0.2) is 0 Å².